The summed E-state index contributed by atoms with van der Waals surface area (Å²) in [6, 6.07) is 12.2. The van der Waals surface area contributed by atoms with E-state index in [-0.39, 0.29) is 42.2 Å². The molecule has 1 aliphatic rings. The van der Waals surface area contributed by atoms with Crippen molar-refractivity contribution in [2.24, 2.45) is 5.92 Å². The van der Waals surface area contributed by atoms with Gasteiger partial charge in [-0.25, -0.2) is 4.79 Å². The molecule has 0 spiro atoms. The molecule has 0 radical (unpaired) electrons. The number of carbonyl (C=O) groups is 2. The fourth-order valence-electron chi connectivity index (χ4n) is 4.13. The van der Waals surface area contributed by atoms with Gasteiger partial charge < -0.3 is 15.0 Å². The van der Waals surface area contributed by atoms with Crippen LogP contribution in [-0.2, 0) is 13.1 Å². The lowest BCUT2D eigenvalue weighted by Gasteiger charge is -2.28. The van der Waals surface area contributed by atoms with Crippen LogP contribution < -0.4 is 15.7 Å². The fraction of sp³-hybridized carbons (Fsp3) is 0.346. The molecule has 0 bridgehead atoms. The van der Waals surface area contributed by atoms with E-state index in [1.54, 1.807) is 59.0 Å². The standard InChI is InChI=1S/C26H29ClN4O4/c1-16(2)14-28-24(32)23-22-15-29(25(33)18-6-5-17(3)21(27)13-18)11-12-30(22)26(34)31(23)19-7-9-20(35-4)10-8-19/h5-10,13,16H,11-12,14-15H2,1-4H3,(H,28,32). The third-order valence-electron chi connectivity index (χ3n) is 6.10. The van der Waals surface area contributed by atoms with Gasteiger partial charge in [0.15, 0.2) is 0 Å². The van der Waals surface area contributed by atoms with E-state index in [0.29, 0.717) is 40.8 Å². The molecule has 0 aliphatic carbocycles. The maximum Gasteiger partial charge on any atom is 0.333 e. The predicted octanol–water partition coefficient (Wildman–Crippen LogP) is 3.65. The van der Waals surface area contributed by atoms with Crippen LogP contribution in [0.2, 0.25) is 5.02 Å². The molecular formula is C26H29ClN4O4. The Labute approximate surface area is 209 Å². The lowest BCUT2D eigenvalue weighted by atomic mass is 10.1. The number of nitrogens with zero attached hydrogens (tertiary/aromatic N) is 3. The van der Waals surface area contributed by atoms with Crippen LogP contribution in [0.3, 0.4) is 0 Å². The van der Waals surface area contributed by atoms with E-state index in [1.165, 1.54) is 4.57 Å². The van der Waals surface area contributed by atoms with E-state index in [4.69, 9.17) is 16.3 Å². The number of benzene rings is 2. The lowest BCUT2D eigenvalue weighted by Crippen LogP contribution is -2.41. The number of hydrogen-bond donors (Lipinski definition) is 1. The van der Waals surface area contributed by atoms with Gasteiger partial charge in [-0.2, -0.15) is 0 Å². The molecule has 1 aromatic heterocycles. The summed E-state index contributed by atoms with van der Waals surface area (Å²) in [6.45, 7) is 7.10. The summed E-state index contributed by atoms with van der Waals surface area (Å²) in [7, 11) is 1.57. The van der Waals surface area contributed by atoms with Crippen LogP contribution in [-0.4, -0.2) is 46.0 Å². The molecule has 184 valence electrons. The minimum atomic E-state index is -0.354. The molecule has 2 heterocycles. The average Bonchev–Trinajstić information content (AvgIpc) is 3.15. The number of nitrogens with one attached hydrogen (secondary N) is 1. The lowest BCUT2D eigenvalue weighted by molar-refractivity contribution is 0.0706. The highest BCUT2D eigenvalue weighted by molar-refractivity contribution is 6.31. The number of hydrogen-bond acceptors (Lipinski definition) is 4. The average molecular weight is 497 g/mol. The number of amides is 2. The molecule has 1 aliphatic heterocycles. The second-order valence-corrected chi connectivity index (χ2v) is 9.46. The monoisotopic (exact) mass is 496 g/mol. The number of halogens is 1. The van der Waals surface area contributed by atoms with Gasteiger partial charge in [0, 0.05) is 30.2 Å². The normalized spacial score (nSPS) is 13.0. The van der Waals surface area contributed by atoms with Crippen LogP contribution in [0.1, 0.15) is 46.0 Å². The molecule has 0 fully saturated rings. The molecule has 8 nitrogen and oxygen atoms in total. The van der Waals surface area contributed by atoms with Gasteiger partial charge in [0.05, 0.1) is 25.0 Å². The van der Waals surface area contributed by atoms with Gasteiger partial charge in [0.2, 0.25) is 0 Å². The zero-order valence-corrected chi connectivity index (χ0v) is 21.1. The van der Waals surface area contributed by atoms with Crippen molar-refractivity contribution in [1.82, 2.24) is 19.4 Å². The van der Waals surface area contributed by atoms with Crippen LogP contribution >= 0.6 is 11.6 Å². The van der Waals surface area contributed by atoms with Crippen LogP contribution in [0.5, 0.6) is 5.75 Å². The maximum atomic E-state index is 13.5. The first kappa shape index (κ1) is 24.6. The van der Waals surface area contributed by atoms with Crippen molar-refractivity contribution in [2.75, 3.05) is 20.2 Å². The number of carbonyl (C=O) groups excluding carboxylic acids is 2. The van der Waals surface area contributed by atoms with E-state index >= 15 is 0 Å². The van der Waals surface area contributed by atoms with E-state index in [0.717, 1.165) is 5.56 Å². The first-order valence-electron chi connectivity index (χ1n) is 11.5. The molecule has 9 heteroatoms. The highest BCUT2D eigenvalue weighted by Gasteiger charge is 2.32. The topological polar surface area (TPSA) is 85.6 Å². The Kier molecular flexibility index (Phi) is 7.03. The van der Waals surface area contributed by atoms with Gasteiger partial charge in [-0.05, 0) is 54.8 Å². The van der Waals surface area contributed by atoms with Crippen molar-refractivity contribution >= 4 is 23.4 Å². The first-order chi connectivity index (χ1) is 16.7. The van der Waals surface area contributed by atoms with Crippen molar-refractivity contribution in [3.05, 3.63) is 80.5 Å². The summed E-state index contributed by atoms with van der Waals surface area (Å²) in [5.41, 5.74) is 2.33. The summed E-state index contributed by atoms with van der Waals surface area (Å²) in [4.78, 5) is 41.7. The highest BCUT2D eigenvalue weighted by atomic mass is 35.5. The molecule has 0 atom stereocenters. The van der Waals surface area contributed by atoms with Crippen LogP contribution in [0.15, 0.2) is 47.3 Å². The minimum absolute atomic E-state index is 0.132. The molecule has 1 N–H and O–H groups in total. The van der Waals surface area contributed by atoms with Crippen LogP contribution in [0, 0.1) is 12.8 Å². The molecule has 0 saturated carbocycles. The van der Waals surface area contributed by atoms with Crippen LogP contribution in [0.4, 0.5) is 0 Å². The summed E-state index contributed by atoms with van der Waals surface area (Å²) in [6.07, 6.45) is 0. The SMILES string of the molecule is COc1ccc(-n2c(C(=O)NCC(C)C)c3n(c2=O)CCN(C(=O)c2ccc(C)c(Cl)c2)C3)cc1. The van der Waals surface area contributed by atoms with Gasteiger partial charge in [-0.15, -0.1) is 0 Å². The van der Waals surface area contributed by atoms with E-state index in [1.807, 2.05) is 20.8 Å². The van der Waals surface area contributed by atoms with Gasteiger partial charge in [0.1, 0.15) is 11.4 Å². The summed E-state index contributed by atoms with van der Waals surface area (Å²) in [5.74, 6) is 0.331. The minimum Gasteiger partial charge on any atom is -0.497 e. The highest BCUT2D eigenvalue weighted by Crippen LogP contribution is 2.24. The largest absolute Gasteiger partial charge is 0.497 e. The Morgan fingerprint density at radius 2 is 1.83 bits per heavy atom. The van der Waals surface area contributed by atoms with Crippen molar-refractivity contribution in [2.45, 2.75) is 33.9 Å². The number of ether oxygens (including phenoxy) is 1. The van der Waals surface area contributed by atoms with Crippen molar-refractivity contribution in [3.63, 3.8) is 0 Å². The number of fused-ring (bicyclic) bond motifs is 1. The maximum absolute atomic E-state index is 13.5. The molecule has 3 aromatic rings. The zero-order chi connectivity index (χ0) is 25.3. The molecule has 4 rings (SSSR count). The second kappa shape index (κ2) is 10.00. The Balaban J connectivity index is 1.76. The van der Waals surface area contributed by atoms with Crippen molar-refractivity contribution in [3.8, 4) is 11.4 Å². The first-order valence-corrected chi connectivity index (χ1v) is 11.9. The third-order valence-corrected chi connectivity index (χ3v) is 6.51. The second-order valence-electron chi connectivity index (χ2n) is 9.06. The third kappa shape index (κ3) is 4.84. The van der Waals surface area contributed by atoms with E-state index < -0.39 is 0 Å². The Hall–Kier alpha value is -3.52. The Morgan fingerprint density at radius 3 is 2.46 bits per heavy atom. The Bertz CT molecular complexity index is 1320. The van der Waals surface area contributed by atoms with Crippen LogP contribution in [0.25, 0.3) is 5.69 Å². The van der Waals surface area contributed by atoms with Crippen molar-refractivity contribution in [1.29, 1.82) is 0 Å². The fourth-order valence-corrected chi connectivity index (χ4v) is 4.31. The number of rotatable bonds is 6. The zero-order valence-electron chi connectivity index (χ0n) is 20.3. The quantitative estimate of drug-likeness (QED) is 0.564. The van der Waals surface area contributed by atoms with Gasteiger partial charge in [0.25, 0.3) is 11.8 Å². The van der Waals surface area contributed by atoms with Gasteiger partial charge >= 0.3 is 5.69 Å². The summed E-state index contributed by atoms with van der Waals surface area (Å²) < 4.78 is 8.23. The molecule has 0 unspecified atom stereocenters. The number of imidazole rings is 1. The molecule has 35 heavy (non-hydrogen) atoms. The predicted molar refractivity (Wildman–Crippen MR) is 135 cm³/mol. The number of aromatic nitrogens is 2. The summed E-state index contributed by atoms with van der Waals surface area (Å²) >= 11 is 6.24. The molecule has 0 saturated heterocycles. The van der Waals surface area contributed by atoms with E-state index in [2.05, 4.69) is 5.32 Å². The summed E-state index contributed by atoms with van der Waals surface area (Å²) in [5, 5.41) is 3.44. The molecule has 2 amide bonds. The molecule has 2 aromatic carbocycles. The van der Waals surface area contributed by atoms with Crippen molar-refractivity contribution < 1.29 is 14.3 Å². The van der Waals surface area contributed by atoms with E-state index in [9.17, 15) is 14.4 Å². The van der Waals surface area contributed by atoms with Gasteiger partial charge in [-0.1, -0.05) is 31.5 Å². The number of aryl methyl sites for hydroxylation is 1. The Morgan fingerprint density at radius 1 is 1.11 bits per heavy atom. The smallest absolute Gasteiger partial charge is 0.333 e. The van der Waals surface area contributed by atoms with Gasteiger partial charge in [-0.3, -0.25) is 18.7 Å². The number of methoxy groups -OCH3 is 1. The molecular weight excluding hydrogens is 468 g/mol.